The highest BCUT2D eigenvalue weighted by Crippen LogP contribution is 2.19. The number of aromatic nitrogens is 2. The first-order valence-corrected chi connectivity index (χ1v) is 8.48. The Morgan fingerprint density at radius 2 is 2.00 bits per heavy atom. The van der Waals surface area contributed by atoms with Crippen LogP contribution >= 0.6 is 11.6 Å². The lowest BCUT2D eigenvalue weighted by Gasteiger charge is -2.21. The van der Waals surface area contributed by atoms with E-state index in [2.05, 4.69) is 5.10 Å². The van der Waals surface area contributed by atoms with Crippen LogP contribution in [0, 0.1) is 0 Å². The molecule has 0 fully saturated rings. The SMILES string of the molecule is CCN(Cc1ccccc1)C(=O)CCn1ncc2cc(Cl)ccc21. The van der Waals surface area contributed by atoms with Gasteiger partial charge in [-0.25, -0.2) is 0 Å². The number of fused-ring (bicyclic) bond motifs is 1. The summed E-state index contributed by atoms with van der Waals surface area (Å²) in [7, 11) is 0. The fourth-order valence-electron chi connectivity index (χ4n) is 2.78. The van der Waals surface area contributed by atoms with Crippen molar-refractivity contribution in [2.24, 2.45) is 0 Å². The molecular formula is C19H20ClN3O. The zero-order valence-corrected chi connectivity index (χ0v) is 14.4. The lowest BCUT2D eigenvalue weighted by atomic mass is 10.2. The number of carbonyl (C=O) groups is 1. The van der Waals surface area contributed by atoms with Crippen LogP contribution in [0.4, 0.5) is 0 Å². The van der Waals surface area contributed by atoms with Crippen LogP contribution in [0.5, 0.6) is 0 Å². The number of rotatable bonds is 6. The predicted molar refractivity (Wildman–Crippen MR) is 96.9 cm³/mol. The molecule has 2 aromatic carbocycles. The van der Waals surface area contributed by atoms with Gasteiger partial charge in [-0.1, -0.05) is 41.9 Å². The van der Waals surface area contributed by atoms with E-state index in [0.29, 0.717) is 31.1 Å². The van der Waals surface area contributed by atoms with Gasteiger partial charge in [-0.2, -0.15) is 5.10 Å². The van der Waals surface area contributed by atoms with Crippen LogP contribution in [0.25, 0.3) is 10.9 Å². The standard InChI is InChI=1S/C19H20ClN3O/c1-2-22(14-15-6-4-3-5-7-15)19(24)10-11-23-18-9-8-17(20)12-16(18)13-21-23/h3-9,12-13H,2,10-11,14H2,1H3. The molecule has 0 aliphatic rings. The van der Waals surface area contributed by atoms with Crippen molar-refractivity contribution < 1.29 is 4.79 Å². The molecule has 0 N–H and O–H groups in total. The number of hydrogen-bond acceptors (Lipinski definition) is 2. The lowest BCUT2D eigenvalue weighted by molar-refractivity contribution is -0.131. The van der Waals surface area contributed by atoms with Gasteiger partial charge in [0.1, 0.15) is 0 Å². The summed E-state index contributed by atoms with van der Waals surface area (Å²) < 4.78 is 1.86. The smallest absolute Gasteiger partial charge is 0.224 e. The molecular weight excluding hydrogens is 322 g/mol. The molecule has 1 heterocycles. The first-order chi connectivity index (χ1) is 11.7. The Morgan fingerprint density at radius 3 is 2.75 bits per heavy atom. The van der Waals surface area contributed by atoms with Crippen molar-refractivity contribution in [3.05, 3.63) is 65.3 Å². The minimum absolute atomic E-state index is 0.138. The summed E-state index contributed by atoms with van der Waals surface area (Å²) in [5, 5.41) is 6.05. The maximum absolute atomic E-state index is 12.5. The molecule has 3 aromatic rings. The zero-order valence-electron chi connectivity index (χ0n) is 13.7. The average Bonchev–Trinajstić information content (AvgIpc) is 3.00. The maximum atomic E-state index is 12.5. The highest BCUT2D eigenvalue weighted by atomic mass is 35.5. The first-order valence-electron chi connectivity index (χ1n) is 8.10. The molecule has 0 unspecified atom stereocenters. The highest BCUT2D eigenvalue weighted by Gasteiger charge is 2.13. The molecule has 5 heteroatoms. The second-order valence-corrected chi connectivity index (χ2v) is 6.15. The Bertz CT molecular complexity index is 829. The largest absolute Gasteiger partial charge is 0.339 e. The van der Waals surface area contributed by atoms with E-state index in [4.69, 9.17) is 11.6 Å². The molecule has 1 aromatic heterocycles. The summed E-state index contributed by atoms with van der Waals surface area (Å²) in [4.78, 5) is 14.4. The average molecular weight is 342 g/mol. The van der Waals surface area contributed by atoms with Crippen LogP contribution in [0.3, 0.4) is 0 Å². The Morgan fingerprint density at radius 1 is 1.21 bits per heavy atom. The van der Waals surface area contributed by atoms with E-state index >= 15 is 0 Å². The molecule has 0 spiro atoms. The van der Waals surface area contributed by atoms with E-state index in [1.807, 2.05) is 65.0 Å². The van der Waals surface area contributed by atoms with Gasteiger partial charge in [0, 0.05) is 29.9 Å². The van der Waals surface area contributed by atoms with Gasteiger partial charge in [0.05, 0.1) is 18.3 Å². The molecule has 0 aliphatic carbocycles. The molecule has 0 radical (unpaired) electrons. The summed E-state index contributed by atoms with van der Waals surface area (Å²) >= 11 is 5.99. The van der Waals surface area contributed by atoms with Gasteiger partial charge in [-0.3, -0.25) is 9.48 Å². The molecule has 0 aliphatic heterocycles. The van der Waals surface area contributed by atoms with Gasteiger partial charge >= 0.3 is 0 Å². The lowest BCUT2D eigenvalue weighted by Crippen LogP contribution is -2.31. The zero-order chi connectivity index (χ0) is 16.9. The third kappa shape index (κ3) is 3.77. The van der Waals surface area contributed by atoms with Crippen LogP contribution in [0.15, 0.2) is 54.7 Å². The van der Waals surface area contributed by atoms with Gasteiger partial charge < -0.3 is 4.90 Å². The third-order valence-electron chi connectivity index (χ3n) is 4.09. The third-order valence-corrected chi connectivity index (χ3v) is 4.33. The monoisotopic (exact) mass is 341 g/mol. The van der Waals surface area contributed by atoms with Crippen molar-refractivity contribution in [1.82, 2.24) is 14.7 Å². The van der Waals surface area contributed by atoms with Gasteiger partial charge in [0.15, 0.2) is 0 Å². The number of amides is 1. The van der Waals surface area contributed by atoms with Crippen LogP contribution in [-0.4, -0.2) is 27.1 Å². The van der Waals surface area contributed by atoms with Crippen molar-refractivity contribution in [2.45, 2.75) is 26.4 Å². The topological polar surface area (TPSA) is 38.1 Å². The fraction of sp³-hybridized carbons (Fsp3) is 0.263. The number of hydrogen-bond donors (Lipinski definition) is 0. The highest BCUT2D eigenvalue weighted by molar-refractivity contribution is 6.31. The minimum atomic E-state index is 0.138. The molecule has 0 saturated heterocycles. The van der Waals surface area contributed by atoms with Crippen LogP contribution in [-0.2, 0) is 17.9 Å². The van der Waals surface area contributed by atoms with E-state index in [1.54, 1.807) is 6.20 Å². The minimum Gasteiger partial charge on any atom is -0.339 e. The normalized spacial score (nSPS) is 10.9. The molecule has 124 valence electrons. The number of nitrogens with zero attached hydrogens (tertiary/aromatic N) is 3. The number of aryl methyl sites for hydroxylation is 1. The summed E-state index contributed by atoms with van der Waals surface area (Å²) in [6.45, 7) is 3.91. The quantitative estimate of drug-likeness (QED) is 0.676. The summed E-state index contributed by atoms with van der Waals surface area (Å²) in [6.07, 6.45) is 2.22. The van der Waals surface area contributed by atoms with Crippen molar-refractivity contribution >= 4 is 28.4 Å². The fourth-order valence-corrected chi connectivity index (χ4v) is 2.96. The Kier molecular flexibility index (Phi) is 5.16. The van der Waals surface area contributed by atoms with E-state index < -0.39 is 0 Å². The number of benzene rings is 2. The maximum Gasteiger partial charge on any atom is 0.224 e. The number of carbonyl (C=O) groups excluding carboxylic acids is 1. The summed E-state index contributed by atoms with van der Waals surface area (Å²) in [5.41, 5.74) is 2.14. The Labute approximate surface area is 146 Å². The summed E-state index contributed by atoms with van der Waals surface area (Å²) in [5.74, 6) is 0.138. The van der Waals surface area contributed by atoms with Crippen LogP contribution in [0.1, 0.15) is 18.9 Å². The van der Waals surface area contributed by atoms with Crippen LogP contribution < -0.4 is 0 Å². The first kappa shape index (κ1) is 16.5. The molecule has 4 nitrogen and oxygen atoms in total. The van der Waals surface area contributed by atoms with Gasteiger partial charge in [0.2, 0.25) is 5.91 Å². The van der Waals surface area contributed by atoms with E-state index in [0.717, 1.165) is 16.5 Å². The van der Waals surface area contributed by atoms with E-state index in [1.165, 1.54) is 0 Å². The molecule has 3 rings (SSSR count). The molecule has 24 heavy (non-hydrogen) atoms. The van der Waals surface area contributed by atoms with Crippen molar-refractivity contribution in [3.8, 4) is 0 Å². The van der Waals surface area contributed by atoms with E-state index in [9.17, 15) is 4.79 Å². The molecule has 0 saturated carbocycles. The number of halogens is 1. The van der Waals surface area contributed by atoms with Gasteiger partial charge in [-0.15, -0.1) is 0 Å². The van der Waals surface area contributed by atoms with Gasteiger partial charge in [0.25, 0.3) is 0 Å². The molecule has 0 bridgehead atoms. The Balaban J connectivity index is 1.65. The molecule has 0 atom stereocenters. The van der Waals surface area contributed by atoms with E-state index in [-0.39, 0.29) is 5.91 Å². The second-order valence-electron chi connectivity index (χ2n) is 5.71. The van der Waals surface area contributed by atoms with Crippen molar-refractivity contribution in [3.63, 3.8) is 0 Å². The Hall–Kier alpha value is -2.33. The predicted octanol–water partition coefficient (Wildman–Crippen LogP) is 4.13. The van der Waals surface area contributed by atoms with Gasteiger partial charge in [-0.05, 0) is 30.7 Å². The van der Waals surface area contributed by atoms with Crippen molar-refractivity contribution in [2.75, 3.05) is 6.54 Å². The molecule has 1 amide bonds. The van der Waals surface area contributed by atoms with Crippen LogP contribution in [0.2, 0.25) is 5.02 Å². The second kappa shape index (κ2) is 7.49. The van der Waals surface area contributed by atoms with Crippen molar-refractivity contribution in [1.29, 1.82) is 0 Å². The summed E-state index contributed by atoms with van der Waals surface area (Å²) in [6, 6.07) is 15.7.